The molecule has 0 saturated heterocycles. The summed E-state index contributed by atoms with van der Waals surface area (Å²) in [5.74, 6) is -0.793. The Morgan fingerprint density at radius 2 is 1.31 bits per heavy atom. The van der Waals surface area contributed by atoms with Crippen LogP contribution in [0.5, 0.6) is 0 Å². The molecule has 0 heterocycles. The van der Waals surface area contributed by atoms with Crippen molar-refractivity contribution in [1.29, 1.82) is 0 Å². The lowest BCUT2D eigenvalue weighted by Crippen LogP contribution is -2.45. The van der Waals surface area contributed by atoms with Crippen molar-refractivity contribution in [2.24, 2.45) is 11.8 Å². The largest absolute Gasteiger partial charge is 0.273 e. The van der Waals surface area contributed by atoms with Gasteiger partial charge in [0.2, 0.25) is 11.8 Å². The van der Waals surface area contributed by atoms with Crippen LogP contribution in [0.2, 0.25) is 0 Å². The number of nitrogens with one attached hydrogen (secondary N) is 2. The summed E-state index contributed by atoms with van der Waals surface area (Å²) in [6, 6.07) is 0. The molecule has 0 bridgehead atoms. The summed E-state index contributed by atoms with van der Waals surface area (Å²) in [5, 5.41) is 0. The van der Waals surface area contributed by atoms with Gasteiger partial charge in [-0.25, -0.2) is 0 Å². The third-order valence-corrected chi connectivity index (χ3v) is 2.24. The van der Waals surface area contributed by atoms with E-state index in [1.807, 2.05) is 0 Å². The quantitative estimate of drug-likeness (QED) is 0.531. The smallest absolute Gasteiger partial charge is 0.241 e. The van der Waals surface area contributed by atoms with Crippen molar-refractivity contribution in [3.63, 3.8) is 0 Å². The SMILES string of the molecule is C=CC[C@@H](C)C(=O)NNC(=O)[C@@H](C)CC=C. The first-order valence-corrected chi connectivity index (χ1v) is 5.34. The van der Waals surface area contributed by atoms with Crippen LogP contribution in [0.4, 0.5) is 0 Å². The number of allylic oxidation sites excluding steroid dienone is 2. The average molecular weight is 224 g/mol. The molecule has 0 aliphatic rings. The monoisotopic (exact) mass is 224 g/mol. The summed E-state index contributed by atoms with van der Waals surface area (Å²) < 4.78 is 0. The van der Waals surface area contributed by atoms with Gasteiger partial charge in [-0.05, 0) is 12.8 Å². The molecule has 0 spiro atoms. The number of carbonyl (C=O) groups excluding carboxylic acids is 2. The van der Waals surface area contributed by atoms with Crippen LogP contribution in [0.25, 0.3) is 0 Å². The van der Waals surface area contributed by atoms with Crippen molar-refractivity contribution in [3.05, 3.63) is 25.3 Å². The van der Waals surface area contributed by atoms with Gasteiger partial charge in [0.05, 0.1) is 0 Å². The molecule has 0 aromatic heterocycles. The molecule has 90 valence electrons. The molecule has 4 nitrogen and oxygen atoms in total. The lowest BCUT2D eigenvalue weighted by atomic mass is 10.1. The molecule has 2 N–H and O–H groups in total. The molecular weight excluding hydrogens is 204 g/mol. The van der Waals surface area contributed by atoms with E-state index in [4.69, 9.17) is 0 Å². The minimum absolute atomic E-state index is 0.187. The summed E-state index contributed by atoms with van der Waals surface area (Å²) in [6.07, 6.45) is 4.52. The second-order valence-corrected chi connectivity index (χ2v) is 3.83. The van der Waals surface area contributed by atoms with Crippen LogP contribution < -0.4 is 10.9 Å². The fourth-order valence-electron chi connectivity index (χ4n) is 1.08. The van der Waals surface area contributed by atoms with Gasteiger partial charge in [-0.15, -0.1) is 13.2 Å². The van der Waals surface area contributed by atoms with E-state index in [9.17, 15) is 9.59 Å². The van der Waals surface area contributed by atoms with Gasteiger partial charge < -0.3 is 0 Å². The number of hydrogen-bond acceptors (Lipinski definition) is 2. The van der Waals surface area contributed by atoms with Crippen molar-refractivity contribution < 1.29 is 9.59 Å². The van der Waals surface area contributed by atoms with Crippen molar-refractivity contribution in [2.75, 3.05) is 0 Å². The van der Waals surface area contributed by atoms with Crippen LogP contribution in [0.3, 0.4) is 0 Å². The summed E-state index contributed by atoms with van der Waals surface area (Å²) in [5.41, 5.74) is 4.77. The third-order valence-electron chi connectivity index (χ3n) is 2.24. The Morgan fingerprint density at radius 1 is 1.00 bits per heavy atom. The minimum atomic E-state index is -0.209. The van der Waals surface area contributed by atoms with Gasteiger partial charge in [-0.3, -0.25) is 20.4 Å². The maximum atomic E-state index is 11.4. The molecule has 0 saturated carbocycles. The van der Waals surface area contributed by atoms with Crippen molar-refractivity contribution >= 4 is 11.8 Å². The zero-order valence-electron chi connectivity index (χ0n) is 9.95. The predicted octanol–water partition coefficient (Wildman–Crippen LogP) is 1.56. The first-order chi connectivity index (χ1) is 7.52. The standard InChI is InChI=1S/C12H20N2O2/c1-5-7-9(3)11(15)13-14-12(16)10(4)8-6-2/h5-6,9-10H,1-2,7-8H2,3-4H3,(H,13,15)(H,14,16)/t9-,10+. The van der Waals surface area contributed by atoms with Crippen molar-refractivity contribution in [3.8, 4) is 0 Å². The number of hydrazine groups is 1. The van der Waals surface area contributed by atoms with Crippen LogP contribution >= 0.6 is 0 Å². The van der Waals surface area contributed by atoms with Gasteiger partial charge in [0, 0.05) is 11.8 Å². The van der Waals surface area contributed by atoms with E-state index in [0.29, 0.717) is 12.8 Å². The van der Waals surface area contributed by atoms with Crippen LogP contribution in [0.1, 0.15) is 26.7 Å². The maximum absolute atomic E-state index is 11.4. The molecule has 2 atom stereocenters. The second kappa shape index (κ2) is 7.68. The molecule has 0 aromatic rings. The fraction of sp³-hybridized carbons (Fsp3) is 0.500. The Bertz CT molecular complexity index is 246. The third kappa shape index (κ3) is 5.34. The van der Waals surface area contributed by atoms with Crippen LogP contribution in [0.15, 0.2) is 25.3 Å². The van der Waals surface area contributed by atoms with E-state index < -0.39 is 0 Å². The number of amides is 2. The molecule has 0 radical (unpaired) electrons. The second-order valence-electron chi connectivity index (χ2n) is 3.83. The Kier molecular flexibility index (Phi) is 6.92. The summed E-state index contributed by atoms with van der Waals surface area (Å²) in [4.78, 5) is 22.8. The summed E-state index contributed by atoms with van der Waals surface area (Å²) in [7, 11) is 0. The molecule has 0 aliphatic heterocycles. The number of carbonyl (C=O) groups is 2. The van der Waals surface area contributed by atoms with Gasteiger partial charge in [0.1, 0.15) is 0 Å². The zero-order chi connectivity index (χ0) is 12.6. The first kappa shape index (κ1) is 14.4. The molecule has 2 amide bonds. The van der Waals surface area contributed by atoms with Gasteiger partial charge in [-0.2, -0.15) is 0 Å². The molecule has 0 aliphatic carbocycles. The highest BCUT2D eigenvalue weighted by Crippen LogP contribution is 2.02. The maximum Gasteiger partial charge on any atom is 0.241 e. The molecule has 0 rings (SSSR count). The number of rotatable bonds is 6. The lowest BCUT2D eigenvalue weighted by Gasteiger charge is -2.13. The van der Waals surface area contributed by atoms with Gasteiger partial charge in [-0.1, -0.05) is 26.0 Å². The van der Waals surface area contributed by atoms with Crippen LogP contribution in [0, 0.1) is 11.8 Å². The topological polar surface area (TPSA) is 58.2 Å². The Morgan fingerprint density at radius 3 is 1.56 bits per heavy atom. The highest BCUT2D eigenvalue weighted by atomic mass is 16.2. The number of hydrogen-bond donors (Lipinski definition) is 2. The molecule has 0 aromatic carbocycles. The molecule has 0 fully saturated rings. The van der Waals surface area contributed by atoms with Crippen LogP contribution in [-0.4, -0.2) is 11.8 Å². The highest BCUT2D eigenvalue weighted by molar-refractivity contribution is 5.84. The van der Waals surface area contributed by atoms with Gasteiger partial charge >= 0.3 is 0 Å². The highest BCUT2D eigenvalue weighted by Gasteiger charge is 2.14. The summed E-state index contributed by atoms with van der Waals surface area (Å²) in [6.45, 7) is 10.7. The Labute approximate surface area is 96.8 Å². The molecule has 4 heteroatoms. The van der Waals surface area contributed by atoms with E-state index in [-0.39, 0.29) is 23.7 Å². The Balaban J connectivity index is 3.95. The molecule has 16 heavy (non-hydrogen) atoms. The Hall–Kier alpha value is -1.58. The predicted molar refractivity (Wildman–Crippen MR) is 64.2 cm³/mol. The average Bonchev–Trinajstić information content (AvgIpc) is 2.25. The zero-order valence-corrected chi connectivity index (χ0v) is 9.95. The van der Waals surface area contributed by atoms with Crippen molar-refractivity contribution in [2.45, 2.75) is 26.7 Å². The van der Waals surface area contributed by atoms with E-state index in [1.165, 1.54) is 0 Å². The van der Waals surface area contributed by atoms with E-state index in [1.54, 1.807) is 26.0 Å². The lowest BCUT2D eigenvalue weighted by molar-refractivity contribution is -0.132. The molecule has 0 unspecified atom stereocenters. The van der Waals surface area contributed by atoms with E-state index in [0.717, 1.165) is 0 Å². The van der Waals surface area contributed by atoms with E-state index in [2.05, 4.69) is 24.0 Å². The minimum Gasteiger partial charge on any atom is -0.273 e. The first-order valence-electron chi connectivity index (χ1n) is 5.34. The molecular formula is C12H20N2O2. The van der Waals surface area contributed by atoms with E-state index >= 15 is 0 Å². The fourth-order valence-corrected chi connectivity index (χ4v) is 1.08. The van der Waals surface area contributed by atoms with Gasteiger partial charge in [0.25, 0.3) is 0 Å². The van der Waals surface area contributed by atoms with Gasteiger partial charge in [0.15, 0.2) is 0 Å². The van der Waals surface area contributed by atoms with Crippen LogP contribution in [-0.2, 0) is 9.59 Å². The normalized spacial score (nSPS) is 13.4. The van der Waals surface area contributed by atoms with Crippen molar-refractivity contribution in [1.82, 2.24) is 10.9 Å². The summed E-state index contributed by atoms with van der Waals surface area (Å²) >= 11 is 0.